The van der Waals surface area contributed by atoms with Gasteiger partial charge >= 0.3 is 0 Å². The molecule has 0 unspecified atom stereocenters. The summed E-state index contributed by atoms with van der Waals surface area (Å²) in [4.78, 5) is 14.0. The zero-order chi connectivity index (χ0) is 17.6. The number of amides is 1. The molecule has 0 atom stereocenters. The minimum absolute atomic E-state index is 0.137. The van der Waals surface area contributed by atoms with Gasteiger partial charge < -0.3 is 4.90 Å². The van der Waals surface area contributed by atoms with Gasteiger partial charge in [0.05, 0.1) is 0 Å². The molecule has 0 spiro atoms. The van der Waals surface area contributed by atoms with Gasteiger partial charge in [0.1, 0.15) is 0 Å². The van der Waals surface area contributed by atoms with Gasteiger partial charge in [-0.15, -0.1) is 10.2 Å². The van der Waals surface area contributed by atoms with E-state index in [9.17, 15) is 13.2 Å². The van der Waals surface area contributed by atoms with E-state index in [1.54, 1.807) is 30.3 Å². The highest BCUT2D eigenvalue weighted by Crippen LogP contribution is 2.20. The van der Waals surface area contributed by atoms with Gasteiger partial charge in [-0.2, -0.15) is 0 Å². The minimum atomic E-state index is -3.71. The van der Waals surface area contributed by atoms with Crippen LogP contribution in [0.4, 0.5) is 5.13 Å². The van der Waals surface area contributed by atoms with Crippen LogP contribution in [-0.4, -0.2) is 56.6 Å². The number of sulfonamides is 1. The second-order valence-corrected chi connectivity index (χ2v) is 8.17. The monoisotopic (exact) mass is 369 g/mol. The number of aromatic nitrogens is 2. The third-order valence-electron chi connectivity index (χ3n) is 2.97. The summed E-state index contributed by atoms with van der Waals surface area (Å²) in [6.45, 7) is 1.09. The van der Waals surface area contributed by atoms with Crippen LogP contribution in [0.5, 0.6) is 0 Å². The van der Waals surface area contributed by atoms with E-state index in [4.69, 9.17) is 0 Å². The highest BCUT2D eigenvalue weighted by Gasteiger charge is 2.20. The third kappa shape index (κ3) is 5.34. The molecular weight excluding hydrogens is 350 g/mol. The van der Waals surface area contributed by atoms with Gasteiger partial charge in [0.15, 0.2) is 0 Å². The fourth-order valence-corrected chi connectivity index (χ4v) is 3.80. The molecule has 8 nitrogen and oxygen atoms in total. The van der Waals surface area contributed by atoms with E-state index < -0.39 is 10.0 Å². The lowest BCUT2D eigenvalue weighted by molar-refractivity contribution is 0.102. The van der Waals surface area contributed by atoms with Crippen LogP contribution in [0.1, 0.15) is 16.8 Å². The Morgan fingerprint density at radius 2 is 1.92 bits per heavy atom. The summed E-state index contributed by atoms with van der Waals surface area (Å²) >= 11 is 0.812. The molecule has 0 saturated heterocycles. The Morgan fingerprint density at radius 1 is 1.21 bits per heavy atom. The molecule has 0 aliphatic rings. The largest absolute Gasteiger partial charge is 0.309 e. The number of hydrogen-bond donors (Lipinski definition) is 2. The van der Waals surface area contributed by atoms with Crippen LogP contribution in [0.2, 0.25) is 0 Å². The predicted molar refractivity (Wildman–Crippen MR) is 92.7 cm³/mol. The maximum atomic E-state index is 12.1. The molecule has 0 bridgehead atoms. The minimum Gasteiger partial charge on any atom is -0.309 e. The average molecular weight is 369 g/mol. The summed E-state index contributed by atoms with van der Waals surface area (Å²) in [5.41, 5.74) is 0.457. The lowest BCUT2D eigenvalue weighted by Gasteiger charge is -2.09. The van der Waals surface area contributed by atoms with Gasteiger partial charge in [-0.1, -0.05) is 29.5 Å². The Balaban J connectivity index is 1.95. The van der Waals surface area contributed by atoms with Crippen LogP contribution in [0, 0.1) is 0 Å². The summed E-state index contributed by atoms with van der Waals surface area (Å²) in [5.74, 6) is -0.366. The van der Waals surface area contributed by atoms with E-state index in [0.29, 0.717) is 18.5 Å². The van der Waals surface area contributed by atoms with E-state index in [0.717, 1.165) is 17.9 Å². The first-order valence-corrected chi connectivity index (χ1v) is 9.53. The molecule has 130 valence electrons. The second kappa shape index (κ2) is 8.29. The zero-order valence-electron chi connectivity index (χ0n) is 13.4. The van der Waals surface area contributed by atoms with Crippen molar-refractivity contribution in [1.82, 2.24) is 19.8 Å². The van der Waals surface area contributed by atoms with Crippen molar-refractivity contribution in [1.29, 1.82) is 0 Å². The summed E-state index contributed by atoms with van der Waals surface area (Å²) < 4.78 is 26.5. The first-order chi connectivity index (χ1) is 11.4. The van der Waals surface area contributed by atoms with Crippen LogP contribution in [0.15, 0.2) is 34.7 Å². The molecule has 0 aliphatic heterocycles. The molecule has 1 heterocycles. The smallest absolute Gasteiger partial charge is 0.269 e. The molecule has 1 amide bonds. The molecular formula is C14H19N5O3S2. The van der Waals surface area contributed by atoms with E-state index in [2.05, 4.69) is 20.2 Å². The SMILES string of the molecule is CN(C)CCCNS(=O)(=O)c1nnc(NC(=O)c2ccccc2)s1. The summed E-state index contributed by atoms with van der Waals surface area (Å²) in [5, 5.41) is 10.0. The first-order valence-electron chi connectivity index (χ1n) is 7.23. The fraction of sp³-hybridized carbons (Fsp3) is 0.357. The van der Waals surface area contributed by atoms with Crippen molar-refractivity contribution in [3.05, 3.63) is 35.9 Å². The first kappa shape index (κ1) is 18.5. The average Bonchev–Trinajstić information content (AvgIpc) is 3.02. The topological polar surface area (TPSA) is 104 Å². The van der Waals surface area contributed by atoms with Gasteiger partial charge in [-0.3, -0.25) is 10.1 Å². The van der Waals surface area contributed by atoms with E-state index >= 15 is 0 Å². The number of nitrogens with one attached hydrogen (secondary N) is 2. The van der Waals surface area contributed by atoms with Crippen LogP contribution in [-0.2, 0) is 10.0 Å². The Hall–Kier alpha value is -1.88. The quantitative estimate of drug-likeness (QED) is 0.532. The number of carbonyl (C=O) groups is 1. The van der Waals surface area contributed by atoms with Crippen LogP contribution in [0.25, 0.3) is 0 Å². The van der Waals surface area contributed by atoms with E-state index in [-0.39, 0.29) is 15.4 Å². The highest BCUT2D eigenvalue weighted by atomic mass is 32.2. The van der Waals surface area contributed by atoms with Crippen molar-refractivity contribution < 1.29 is 13.2 Å². The molecule has 2 aromatic rings. The van der Waals surface area contributed by atoms with E-state index in [1.165, 1.54) is 0 Å². The molecule has 10 heteroatoms. The molecule has 0 fully saturated rings. The number of nitrogens with zero attached hydrogens (tertiary/aromatic N) is 3. The van der Waals surface area contributed by atoms with Gasteiger partial charge in [0.25, 0.3) is 15.9 Å². The van der Waals surface area contributed by atoms with Crippen molar-refractivity contribution in [3.8, 4) is 0 Å². The number of benzene rings is 1. The van der Waals surface area contributed by atoms with Crippen LogP contribution in [0.3, 0.4) is 0 Å². The molecule has 2 N–H and O–H groups in total. The van der Waals surface area contributed by atoms with Crippen LogP contribution < -0.4 is 10.0 Å². The second-order valence-electron chi connectivity index (χ2n) is 5.25. The molecule has 1 aromatic heterocycles. The predicted octanol–water partition coefficient (Wildman–Crippen LogP) is 1.02. The lowest BCUT2D eigenvalue weighted by atomic mass is 10.2. The molecule has 0 saturated carbocycles. The summed E-state index contributed by atoms with van der Waals surface area (Å²) in [6.07, 6.45) is 0.683. The number of anilines is 1. The van der Waals surface area contributed by atoms with Gasteiger partial charge in [-0.05, 0) is 39.2 Å². The zero-order valence-corrected chi connectivity index (χ0v) is 15.0. The third-order valence-corrected chi connectivity index (χ3v) is 5.63. The maximum absolute atomic E-state index is 12.1. The van der Waals surface area contributed by atoms with Crippen molar-refractivity contribution in [3.63, 3.8) is 0 Å². The standard InChI is InChI=1S/C14H19N5O3S2/c1-19(2)10-6-9-15-24(21,22)14-18-17-13(23-14)16-12(20)11-7-4-3-5-8-11/h3-5,7-8,15H,6,9-10H2,1-2H3,(H,16,17,20). The van der Waals surface area contributed by atoms with Crippen molar-refractivity contribution >= 4 is 32.4 Å². The number of rotatable bonds is 8. The van der Waals surface area contributed by atoms with Gasteiger partial charge in [0.2, 0.25) is 9.47 Å². The van der Waals surface area contributed by atoms with E-state index in [1.807, 2.05) is 19.0 Å². The van der Waals surface area contributed by atoms with Gasteiger partial charge in [0, 0.05) is 12.1 Å². The van der Waals surface area contributed by atoms with Gasteiger partial charge in [-0.25, -0.2) is 13.1 Å². The number of carbonyl (C=O) groups excluding carboxylic acids is 1. The normalized spacial score (nSPS) is 11.6. The molecule has 1 aromatic carbocycles. The Kier molecular flexibility index (Phi) is 6.37. The van der Waals surface area contributed by atoms with Crippen LogP contribution >= 0.6 is 11.3 Å². The summed E-state index contributed by atoms with van der Waals surface area (Å²) in [6, 6.07) is 8.58. The Labute approximate surface area is 145 Å². The Morgan fingerprint density at radius 3 is 2.58 bits per heavy atom. The van der Waals surface area contributed by atoms with Crippen molar-refractivity contribution in [2.75, 3.05) is 32.5 Å². The molecule has 0 aliphatic carbocycles. The molecule has 0 radical (unpaired) electrons. The fourth-order valence-electron chi connectivity index (χ4n) is 1.79. The summed E-state index contributed by atoms with van der Waals surface area (Å²) in [7, 11) is 0.122. The Bertz CT molecular complexity index is 775. The highest BCUT2D eigenvalue weighted by molar-refractivity contribution is 7.91. The van der Waals surface area contributed by atoms with Crippen molar-refractivity contribution in [2.24, 2.45) is 0 Å². The lowest BCUT2D eigenvalue weighted by Crippen LogP contribution is -2.27. The molecule has 24 heavy (non-hydrogen) atoms. The molecule has 2 rings (SSSR count). The maximum Gasteiger partial charge on any atom is 0.269 e. The number of hydrogen-bond acceptors (Lipinski definition) is 7. The van der Waals surface area contributed by atoms with Crippen molar-refractivity contribution in [2.45, 2.75) is 10.8 Å².